The molecule has 0 amide bonds. The molecular weight excluding hydrogens is 176 g/mol. The Kier molecular flexibility index (Phi) is 3.67. The number of ether oxygens (including phenoxy) is 1. The van der Waals surface area contributed by atoms with Gasteiger partial charge in [0, 0.05) is 5.38 Å². The first-order valence-corrected chi connectivity index (χ1v) is 4.33. The van der Waals surface area contributed by atoms with Gasteiger partial charge >= 0.3 is 0 Å². The number of aromatic nitrogens is 1. The molecule has 1 rings (SSSR count). The lowest BCUT2D eigenvalue weighted by molar-refractivity contribution is 0.0563. The third-order valence-electron chi connectivity index (χ3n) is 1.21. The zero-order chi connectivity index (χ0) is 8.81. The Morgan fingerprint density at radius 1 is 1.83 bits per heavy atom. The summed E-state index contributed by atoms with van der Waals surface area (Å²) >= 11 is 1.41. The molecule has 1 unspecified atom stereocenters. The van der Waals surface area contributed by atoms with Gasteiger partial charge in [-0.1, -0.05) is 0 Å². The number of aliphatic hydroxyl groups is 1. The molecule has 1 heterocycles. The molecule has 0 saturated heterocycles. The van der Waals surface area contributed by atoms with E-state index in [4.69, 9.17) is 15.1 Å². The largest absolute Gasteiger partial charge is 0.394 e. The van der Waals surface area contributed by atoms with E-state index in [1.165, 1.54) is 11.3 Å². The summed E-state index contributed by atoms with van der Waals surface area (Å²) in [4.78, 5) is 3.93. The highest BCUT2D eigenvalue weighted by Gasteiger charge is 2.11. The van der Waals surface area contributed by atoms with Crippen molar-refractivity contribution in [1.29, 1.82) is 5.26 Å². The molecule has 0 aliphatic heterocycles. The van der Waals surface area contributed by atoms with Crippen molar-refractivity contribution < 1.29 is 9.84 Å². The summed E-state index contributed by atoms with van der Waals surface area (Å²) < 4.78 is 5.02. The summed E-state index contributed by atoms with van der Waals surface area (Å²) in [7, 11) is 0. The van der Waals surface area contributed by atoms with Gasteiger partial charge in [-0.3, -0.25) is 0 Å². The van der Waals surface area contributed by atoms with Gasteiger partial charge in [-0.2, -0.15) is 5.26 Å². The molecule has 0 bridgehead atoms. The first kappa shape index (κ1) is 9.13. The minimum Gasteiger partial charge on any atom is -0.394 e. The van der Waals surface area contributed by atoms with Gasteiger partial charge in [-0.25, -0.2) is 4.98 Å². The number of hydrogen-bond donors (Lipinski definition) is 1. The summed E-state index contributed by atoms with van der Waals surface area (Å²) in [5.74, 6) is 0. The molecule has 64 valence electrons. The maximum atomic E-state index is 8.63. The topological polar surface area (TPSA) is 66.1 Å². The first-order chi connectivity index (χ1) is 5.88. The second-order valence-corrected chi connectivity index (χ2v) is 2.74. The molecule has 0 fully saturated rings. The Hall–Kier alpha value is -0.960. The van der Waals surface area contributed by atoms with Crippen LogP contribution in [0.2, 0.25) is 0 Å². The van der Waals surface area contributed by atoms with Crippen molar-refractivity contribution in [2.24, 2.45) is 0 Å². The summed E-state index contributed by atoms with van der Waals surface area (Å²) in [6.07, 6.45) is -0.650. The van der Waals surface area contributed by atoms with Crippen LogP contribution in [0.4, 0.5) is 0 Å². The quantitative estimate of drug-likeness (QED) is 0.748. The van der Waals surface area contributed by atoms with E-state index in [1.54, 1.807) is 10.9 Å². The Balaban J connectivity index is 2.53. The molecule has 12 heavy (non-hydrogen) atoms. The fraction of sp³-hybridized carbons (Fsp3) is 0.429. The number of rotatable bonds is 4. The van der Waals surface area contributed by atoms with E-state index < -0.39 is 6.10 Å². The fourth-order valence-electron chi connectivity index (χ4n) is 0.711. The lowest BCUT2D eigenvalue weighted by atomic mass is 10.3. The van der Waals surface area contributed by atoms with Crippen LogP contribution in [0, 0.1) is 11.3 Å². The smallest absolute Gasteiger partial charge is 0.186 e. The van der Waals surface area contributed by atoms with Crippen LogP contribution in [-0.4, -0.2) is 23.3 Å². The molecule has 4 nitrogen and oxygen atoms in total. The van der Waals surface area contributed by atoms with E-state index in [9.17, 15) is 0 Å². The third kappa shape index (κ3) is 2.27. The van der Waals surface area contributed by atoms with Gasteiger partial charge in [0.25, 0.3) is 0 Å². The Labute approximate surface area is 74.1 Å². The highest BCUT2D eigenvalue weighted by molar-refractivity contribution is 7.07. The molecule has 0 saturated carbocycles. The molecule has 0 spiro atoms. The maximum Gasteiger partial charge on any atom is 0.186 e. The molecule has 0 aromatic carbocycles. The molecule has 1 aromatic heterocycles. The Bertz CT molecular complexity index is 255. The number of thiazole rings is 1. The Morgan fingerprint density at radius 2 is 2.67 bits per heavy atom. The van der Waals surface area contributed by atoms with Crippen LogP contribution in [-0.2, 0) is 4.74 Å². The number of hydrogen-bond acceptors (Lipinski definition) is 5. The summed E-state index contributed by atoms with van der Waals surface area (Å²) in [6, 6.07) is 1.95. The van der Waals surface area contributed by atoms with Crippen molar-refractivity contribution >= 4 is 11.3 Å². The van der Waals surface area contributed by atoms with E-state index in [1.807, 2.05) is 6.07 Å². The first-order valence-electron chi connectivity index (χ1n) is 3.38. The van der Waals surface area contributed by atoms with Crippen molar-refractivity contribution in [3.05, 3.63) is 16.6 Å². The molecule has 0 aliphatic rings. The lowest BCUT2D eigenvalue weighted by Gasteiger charge is -2.05. The van der Waals surface area contributed by atoms with E-state index >= 15 is 0 Å². The predicted octanol–water partition coefficient (Wildman–Crippen LogP) is 0.717. The van der Waals surface area contributed by atoms with Gasteiger partial charge in [0.15, 0.2) is 6.10 Å². The van der Waals surface area contributed by atoms with Gasteiger partial charge in [0.05, 0.1) is 24.4 Å². The maximum absolute atomic E-state index is 8.63. The average molecular weight is 184 g/mol. The molecule has 0 radical (unpaired) electrons. The average Bonchev–Trinajstić information content (AvgIpc) is 2.59. The third-order valence-corrected chi connectivity index (χ3v) is 1.82. The summed E-state index contributed by atoms with van der Waals surface area (Å²) in [5.41, 5.74) is 2.25. The fourth-order valence-corrected chi connectivity index (χ4v) is 1.28. The summed E-state index contributed by atoms with van der Waals surface area (Å²) in [5, 5.41) is 18.8. The highest BCUT2D eigenvalue weighted by atomic mass is 32.1. The number of nitriles is 1. The van der Waals surface area contributed by atoms with E-state index in [0.717, 1.165) is 0 Å². The Morgan fingerprint density at radius 3 is 3.17 bits per heavy atom. The minimum absolute atomic E-state index is 0.0810. The van der Waals surface area contributed by atoms with Crippen LogP contribution in [0.25, 0.3) is 0 Å². The molecular formula is C7H8N2O2S. The second-order valence-electron chi connectivity index (χ2n) is 2.02. The molecule has 0 aliphatic carbocycles. The van der Waals surface area contributed by atoms with Crippen LogP contribution in [0.1, 0.15) is 11.8 Å². The normalized spacial score (nSPS) is 12.3. The van der Waals surface area contributed by atoms with Gasteiger partial charge in [-0.15, -0.1) is 11.3 Å². The van der Waals surface area contributed by atoms with Crippen molar-refractivity contribution in [2.45, 2.75) is 6.10 Å². The van der Waals surface area contributed by atoms with Gasteiger partial charge in [-0.05, 0) is 0 Å². The van der Waals surface area contributed by atoms with Crippen molar-refractivity contribution in [1.82, 2.24) is 4.98 Å². The van der Waals surface area contributed by atoms with Crippen LogP contribution in [0.3, 0.4) is 0 Å². The molecule has 5 heteroatoms. The van der Waals surface area contributed by atoms with Crippen molar-refractivity contribution in [3.63, 3.8) is 0 Å². The number of aliphatic hydroxyl groups excluding tert-OH is 1. The summed E-state index contributed by atoms with van der Waals surface area (Å²) in [6.45, 7) is 0.0814. The standard InChI is InChI=1S/C7H8N2O2S/c8-3-7(11-2-1-10)6-4-12-5-9-6/h4-5,7,10H,1-2H2. The van der Waals surface area contributed by atoms with E-state index in [0.29, 0.717) is 5.69 Å². The predicted molar refractivity (Wildman–Crippen MR) is 43.5 cm³/mol. The second kappa shape index (κ2) is 4.83. The van der Waals surface area contributed by atoms with Crippen molar-refractivity contribution in [3.8, 4) is 6.07 Å². The van der Waals surface area contributed by atoms with Crippen LogP contribution in [0.5, 0.6) is 0 Å². The SMILES string of the molecule is N#CC(OCCO)c1cscn1. The molecule has 1 N–H and O–H groups in total. The van der Waals surface area contributed by atoms with Crippen LogP contribution in [0.15, 0.2) is 10.9 Å². The van der Waals surface area contributed by atoms with Gasteiger partial charge in [0.1, 0.15) is 6.07 Å². The monoisotopic (exact) mass is 184 g/mol. The highest BCUT2D eigenvalue weighted by Crippen LogP contribution is 2.15. The molecule has 1 aromatic rings. The van der Waals surface area contributed by atoms with Gasteiger partial charge < -0.3 is 9.84 Å². The lowest BCUT2D eigenvalue weighted by Crippen LogP contribution is -2.06. The van der Waals surface area contributed by atoms with E-state index in [-0.39, 0.29) is 13.2 Å². The number of nitrogens with zero attached hydrogens (tertiary/aromatic N) is 2. The zero-order valence-corrected chi connectivity index (χ0v) is 7.12. The zero-order valence-electron chi connectivity index (χ0n) is 6.30. The van der Waals surface area contributed by atoms with Gasteiger partial charge in [0.2, 0.25) is 0 Å². The van der Waals surface area contributed by atoms with Crippen LogP contribution < -0.4 is 0 Å². The van der Waals surface area contributed by atoms with E-state index in [2.05, 4.69) is 4.98 Å². The van der Waals surface area contributed by atoms with Crippen molar-refractivity contribution in [2.75, 3.05) is 13.2 Å². The molecule has 1 atom stereocenters. The minimum atomic E-state index is -0.650. The van der Waals surface area contributed by atoms with Crippen LogP contribution >= 0.6 is 11.3 Å².